The van der Waals surface area contributed by atoms with Crippen molar-refractivity contribution in [3.05, 3.63) is 71.8 Å². The average molecular weight is 2110 g/mol. The molecule has 826 valence electrons. The van der Waals surface area contributed by atoms with E-state index in [1.165, 1.54) is 12.1 Å². The van der Waals surface area contributed by atoms with Crippen molar-refractivity contribution < 1.29 is 146 Å². The number of unbranched alkanes of at least 4 members (excludes halogenated alkanes) is 1. The Hall–Kier alpha value is -14.0. The summed E-state index contributed by atoms with van der Waals surface area (Å²) in [7, 11) is 0. The van der Waals surface area contributed by atoms with E-state index in [1.807, 2.05) is 5.32 Å². The van der Waals surface area contributed by atoms with Crippen LogP contribution in [0.25, 0.3) is 0 Å². The lowest BCUT2D eigenvalue weighted by Gasteiger charge is -2.31. The van der Waals surface area contributed by atoms with Crippen molar-refractivity contribution in [1.82, 2.24) is 90.4 Å². The van der Waals surface area contributed by atoms with E-state index in [9.17, 15) is 146 Å². The molecule has 0 aliphatic rings. The standard InChI is InChI=1S/C96H151N21O30S/c1-13-50(9)76(100)92(142)111-65(44-75(128)129)88(138)114-67(46-118)90(140)110-64(42-55-27-21-18-22-28-55)89(139)116-77(51(10)14-2)94(144)112-62(40-49(7)8)86(136)108-61(39-48(5)6)85(135)105-60(33-37-74(126)127)84(134)115-79(53(12)16-4)95(145)117-78(52(11)15-3)93(143)107-56(29-23-24-38-97)81(131)103-57(30-34-69(98)119)80(130)101-45-71(121)102-68(47-148)91(141)106-58(31-35-72(122)123)82(132)109-63(41-54-25-19-17-20-26-54)87(137)104-59(32-36-73(124)125)83(133)113-66(96(146)147)43-70(99)120/h17-22,25-28,48-53,56-68,76-79,118,148H,13-16,23-24,29-47,97,100H2,1-12H3,(H2,98,119)(H2,99,120)(H,101,130)(H,102,121)(H,103,131)(H,104,137)(H,105,135)(H,106,141)(H,107,143)(H,108,136)(H,109,132)(H,110,140)(H,111,142)(H,112,144)(H,113,133)(H,114,138)(H,115,134)(H,116,139)(H,117,145)(H,122,123)(H,124,125)(H,126,127)(H,128,129)(H,146,147)/t50-,51-,52-,53-,56-,57-,58-,59-,60-,61-,62-,63-,64-,65-,66-,67-,68-,76-,77-,78-,79-/m0/s1. The highest BCUT2D eigenvalue weighted by molar-refractivity contribution is 7.80. The van der Waals surface area contributed by atoms with Gasteiger partial charge >= 0.3 is 29.8 Å². The predicted molar refractivity (Wildman–Crippen MR) is 535 cm³/mol. The lowest BCUT2D eigenvalue weighted by atomic mass is 9.94. The molecular formula is C96H151N21O30S. The molecule has 0 radical (unpaired) electrons. The minimum absolute atomic E-state index is 0.0885. The number of carboxylic acid groups (broad SMARTS) is 5. The van der Waals surface area contributed by atoms with Gasteiger partial charge < -0.3 is 144 Å². The SMILES string of the molecule is CC[C@H](C)[C@H](N)C(=O)N[C@@H](CC(=O)O)C(=O)N[C@@H](CO)C(=O)N[C@@H](Cc1ccccc1)C(=O)N[C@H](C(=O)N[C@@H](CC(C)C)C(=O)N[C@@H](CC(C)C)C(=O)N[C@@H](CCC(=O)O)C(=O)N[C@H](C(=O)N[C@H](C(=O)N[C@@H](CCCCN)C(=O)N[C@@H](CCC(N)=O)C(=O)NCC(=O)N[C@@H](CS)C(=O)N[C@@H](CCC(=O)O)C(=O)N[C@@H](Cc1ccccc1)C(=O)N[C@@H](CCC(=O)O)C(=O)N[C@@H](CC(N)=O)C(=O)O)[C@@H](C)CC)[C@@H](C)CC)[C@@H](C)CC. The van der Waals surface area contributed by atoms with Gasteiger partial charge in [-0.3, -0.25) is 110 Å². The number of hydrogen-bond donors (Lipinski definition) is 28. The highest BCUT2D eigenvalue weighted by atomic mass is 32.1. The number of nitrogens with two attached hydrogens (primary N) is 4. The number of carboxylic acids is 5. The van der Waals surface area contributed by atoms with E-state index in [1.54, 1.807) is 132 Å². The van der Waals surface area contributed by atoms with Crippen LogP contribution in [0.4, 0.5) is 0 Å². The molecule has 19 amide bonds. The Kier molecular flexibility index (Phi) is 59.4. The molecule has 2 aromatic carbocycles. The van der Waals surface area contributed by atoms with Crippen LogP contribution >= 0.6 is 12.6 Å². The fourth-order valence-corrected chi connectivity index (χ4v) is 15.0. The van der Waals surface area contributed by atoms with E-state index < -0.39 is 357 Å². The van der Waals surface area contributed by atoms with Crippen molar-refractivity contribution in [2.75, 3.05) is 25.4 Å². The Morgan fingerprint density at radius 3 is 0.980 bits per heavy atom. The molecular weight excluding hydrogens is 1960 g/mol. The van der Waals surface area contributed by atoms with Crippen LogP contribution in [0.2, 0.25) is 0 Å². The molecule has 0 saturated heterocycles. The fraction of sp³-hybridized carbons (Fsp3) is 0.625. The number of primary amides is 2. The highest BCUT2D eigenvalue weighted by Crippen LogP contribution is 2.20. The van der Waals surface area contributed by atoms with Gasteiger partial charge in [-0.1, -0.05) is 169 Å². The zero-order valence-corrected chi connectivity index (χ0v) is 86.4. The quantitative estimate of drug-likeness (QED) is 0.0219. The molecule has 0 saturated carbocycles. The number of rotatable bonds is 73. The highest BCUT2D eigenvalue weighted by Gasteiger charge is 2.42. The molecule has 0 bridgehead atoms. The number of carbonyl (C=O) groups excluding carboxylic acids is 19. The number of amides is 19. The molecule has 21 atom stereocenters. The number of thiol groups is 1. The first-order valence-corrected chi connectivity index (χ1v) is 49.8. The molecule has 0 heterocycles. The Bertz CT molecular complexity index is 4830. The summed E-state index contributed by atoms with van der Waals surface area (Å²) in [6.45, 7) is 18.0. The van der Waals surface area contributed by atoms with Gasteiger partial charge in [0.25, 0.3) is 0 Å². The van der Waals surface area contributed by atoms with Crippen molar-refractivity contribution in [3.63, 3.8) is 0 Å². The summed E-state index contributed by atoms with van der Waals surface area (Å²) < 4.78 is 0. The second-order valence-corrected chi connectivity index (χ2v) is 37.7. The van der Waals surface area contributed by atoms with E-state index in [0.29, 0.717) is 17.5 Å². The topological polar surface area (TPSA) is 840 Å². The number of aliphatic carboxylic acids is 5. The first-order valence-electron chi connectivity index (χ1n) is 49.1. The first-order chi connectivity index (χ1) is 69.6. The molecule has 0 spiro atoms. The Balaban J connectivity index is 2.54. The minimum Gasteiger partial charge on any atom is -0.481 e. The monoisotopic (exact) mass is 2110 g/mol. The first kappa shape index (κ1) is 130. The van der Waals surface area contributed by atoms with Crippen LogP contribution in [0.3, 0.4) is 0 Å². The number of nitrogens with one attached hydrogen (secondary N) is 17. The van der Waals surface area contributed by atoms with Gasteiger partial charge in [0.1, 0.15) is 96.7 Å². The van der Waals surface area contributed by atoms with Crippen LogP contribution in [0.5, 0.6) is 0 Å². The van der Waals surface area contributed by atoms with E-state index in [0.717, 1.165) is 0 Å². The second kappa shape index (κ2) is 67.7. The maximum Gasteiger partial charge on any atom is 0.326 e. The number of carbonyl (C=O) groups is 24. The number of hydrogen-bond acceptors (Lipinski definition) is 28. The molecule has 0 aliphatic heterocycles. The molecule has 0 fully saturated rings. The van der Waals surface area contributed by atoms with Crippen molar-refractivity contribution in [1.29, 1.82) is 0 Å². The van der Waals surface area contributed by atoms with Crippen molar-refractivity contribution in [2.45, 2.75) is 321 Å². The third-order valence-electron chi connectivity index (χ3n) is 24.3. The fourth-order valence-electron chi connectivity index (χ4n) is 14.8. The maximum atomic E-state index is 14.9. The second-order valence-electron chi connectivity index (χ2n) is 37.3. The summed E-state index contributed by atoms with van der Waals surface area (Å²) >= 11 is 4.16. The van der Waals surface area contributed by atoms with Gasteiger partial charge in [0.2, 0.25) is 112 Å². The van der Waals surface area contributed by atoms with Gasteiger partial charge in [0.15, 0.2) is 0 Å². The predicted octanol–water partition coefficient (Wildman–Crippen LogP) is -4.71. The van der Waals surface area contributed by atoms with Crippen LogP contribution < -0.4 is 113 Å². The van der Waals surface area contributed by atoms with Crippen LogP contribution in [-0.4, -0.2) is 301 Å². The van der Waals surface area contributed by atoms with Crippen LogP contribution in [0.15, 0.2) is 60.7 Å². The van der Waals surface area contributed by atoms with E-state index >= 15 is 0 Å². The lowest BCUT2D eigenvalue weighted by molar-refractivity contribution is -0.144. The normalized spacial score (nSPS) is 15.4. The molecule has 52 heteroatoms. The Labute approximate surface area is 863 Å². The molecule has 148 heavy (non-hydrogen) atoms. The van der Waals surface area contributed by atoms with Gasteiger partial charge in [-0.25, -0.2) is 4.79 Å². The number of aliphatic hydroxyl groups excluding tert-OH is 1. The Morgan fingerprint density at radius 1 is 0.311 bits per heavy atom. The summed E-state index contributed by atoms with van der Waals surface area (Å²) in [6, 6.07) is -12.1. The summed E-state index contributed by atoms with van der Waals surface area (Å²) in [5.41, 5.74) is 23.4. The van der Waals surface area contributed by atoms with Crippen molar-refractivity contribution in [3.8, 4) is 0 Å². The average Bonchev–Trinajstić information content (AvgIpc) is 0.855. The van der Waals surface area contributed by atoms with Crippen molar-refractivity contribution >= 4 is 155 Å². The largest absolute Gasteiger partial charge is 0.481 e. The maximum absolute atomic E-state index is 14.9. The van der Waals surface area contributed by atoms with Gasteiger partial charge in [-0.05, 0) is 111 Å². The number of aliphatic hydroxyl groups is 1. The molecule has 2 aromatic rings. The summed E-state index contributed by atoms with van der Waals surface area (Å²) in [6.07, 6.45) is -6.89. The van der Waals surface area contributed by atoms with E-state index in [4.69, 9.17) is 22.9 Å². The minimum atomic E-state index is -1.93. The van der Waals surface area contributed by atoms with Gasteiger partial charge in [0, 0.05) is 44.3 Å². The zero-order valence-electron chi connectivity index (χ0n) is 85.5. The molecule has 51 nitrogen and oxygen atoms in total. The third kappa shape index (κ3) is 48.5. The Morgan fingerprint density at radius 2 is 0.615 bits per heavy atom. The van der Waals surface area contributed by atoms with Crippen LogP contribution in [0, 0.1) is 35.5 Å². The molecule has 31 N–H and O–H groups in total. The van der Waals surface area contributed by atoms with Gasteiger partial charge in [-0.2, -0.15) is 12.6 Å². The summed E-state index contributed by atoms with van der Waals surface area (Å²) in [5.74, 6) is -32.0. The molecule has 0 aromatic heterocycles. The smallest absolute Gasteiger partial charge is 0.326 e. The van der Waals surface area contributed by atoms with Crippen LogP contribution in [-0.2, 0) is 128 Å². The molecule has 0 unspecified atom stereocenters. The lowest BCUT2D eigenvalue weighted by Crippen LogP contribution is -2.62. The van der Waals surface area contributed by atoms with Crippen molar-refractivity contribution in [2.24, 2.45) is 58.4 Å². The van der Waals surface area contributed by atoms with E-state index in [-0.39, 0.29) is 76.7 Å². The van der Waals surface area contributed by atoms with E-state index in [2.05, 4.69) is 97.7 Å². The zero-order chi connectivity index (χ0) is 112. The van der Waals surface area contributed by atoms with Gasteiger partial charge in [0.05, 0.1) is 32.0 Å². The molecule has 0 aliphatic carbocycles. The third-order valence-corrected chi connectivity index (χ3v) is 24.7. The summed E-state index contributed by atoms with van der Waals surface area (Å²) in [4.78, 5) is 326. The molecule has 2 rings (SSSR count). The van der Waals surface area contributed by atoms with Gasteiger partial charge in [-0.15, -0.1) is 0 Å². The summed E-state index contributed by atoms with van der Waals surface area (Å²) in [5, 5.41) is 100. The number of benzene rings is 2. The van der Waals surface area contributed by atoms with Crippen LogP contribution in [0.1, 0.15) is 216 Å².